The molecule has 1 heterocycles. The predicted octanol–water partition coefficient (Wildman–Crippen LogP) is 5.68. The van der Waals surface area contributed by atoms with E-state index in [1.165, 1.54) is 37.6 Å². The van der Waals surface area contributed by atoms with Crippen molar-refractivity contribution in [2.45, 2.75) is 18.7 Å². The van der Waals surface area contributed by atoms with Crippen LogP contribution in [-0.4, -0.2) is 0 Å². The van der Waals surface area contributed by atoms with Gasteiger partial charge in [-0.2, -0.15) is 0 Å². The Labute approximate surface area is 118 Å². The van der Waals surface area contributed by atoms with E-state index in [-0.39, 0.29) is 0 Å². The van der Waals surface area contributed by atoms with Crippen molar-refractivity contribution in [1.29, 1.82) is 0 Å². The Balaban J connectivity index is 2.37. The van der Waals surface area contributed by atoms with E-state index in [9.17, 15) is 0 Å². The molecule has 94 valence electrons. The molecule has 1 aliphatic heterocycles. The van der Waals surface area contributed by atoms with Crippen molar-refractivity contribution in [1.82, 2.24) is 0 Å². The van der Waals surface area contributed by atoms with Crippen LogP contribution in [0.25, 0.3) is 16.7 Å². The molecule has 0 radical (unpaired) electrons. The summed E-state index contributed by atoms with van der Waals surface area (Å²) < 4.78 is 0. The number of thioether (sulfide) groups is 1. The van der Waals surface area contributed by atoms with Crippen molar-refractivity contribution in [2.75, 3.05) is 0 Å². The standard InChI is InChI=1S/C18H16S/c1-4-14-13(3)19-18-11-12(2)9-10-17(18)16-8-6-5-7-15(14)16/h4-11H,1H2,2-3H3. The third-order valence-corrected chi connectivity index (χ3v) is 4.57. The molecular weight excluding hydrogens is 248 g/mol. The van der Waals surface area contributed by atoms with Gasteiger partial charge in [-0.05, 0) is 52.6 Å². The van der Waals surface area contributed by atoms with Gasteiger partial charge in [-0.25, -0.2) is 0 Å². The van der Waals surface area contributed by atoms with Crippen molar-refractivity contribution in [3.63, 3.8) is 0 Å². The van der Waals surface area contributed by atoms with Crippen LogP contribution in [0.1, 0.15) is 18.1 Å². The zero-order valence-electron chi connectivity index (χ0n) is 11.2. The molecule has 0 N–H and O–H groups in total. The summed E-state index contributed by atoms with van der Waals surface area (Å²) in [5.74, 6) is 0. The van der Waals surface area contributed by atoms with Crippen molar-refractivity contribution in [3.05, 3.63) is 71.2 Å². The fraction of sp³-hybridized carbons (Fsp3) is 0.111. The number of aryl methyl sites for hydroxylation is 1. The monoisotopic (exact) mass is 264 g/mol. The minimum Gasteiger partial charge on any atom is -0.0984 e. The molecule has 19 heavy (non-hydrogen) atoms. The zero-order chi connectivity index (χ0) is 13.4. The molecule has 0 fully saturated rings. The summed E-state index contributed by atoms with van der Waals surface area (Å²) in [5, 5.41) is 0. The second-order valence-electron chi connectivity index (χ2n) is 4.82. The van der Waals surface area contributed by atoms with E-state index in [1.54, 1.807) is 0 Å². The lowest BCUT2D eigenvalue weighted by atomic mass is 9.94. The van der Waals surface area contributed by atoms with Gasteiger partial charge < -0.3 is 0 Å². The highest BCUT2D eigenvalue weighted by Gasteiger charge is 2.18. The van der Waals surface area contributed by atoms with Gasteiger partial charge in [0.25, 0.3) is 0 Å². The van der Waals surface area contributed by atoms with Gasteiger partial charge in [-0.1, -0.05) is 60.8 Å². The van der Waals surface area contributed by atoms with Crippen LogP contribution in [0.3, 0.4) is 0 Å². The topological polar surface area (TPSA) is 0 Å². The third-order valence-electron chi connectivity index (χ3n) is 3.49. The molecule has 0 atom stereocenters. The van der Waals surface area contributed by atoms with Gasteiger partial charge in [-0.15, -0.1) is 0 Å². The van der Waals surface area contributed by atoms with Crippen LogP contribution in [0.5, 0.6) is 0 Å². The largest absolute Gasteiger partial charge is 0.0984 e. The molecule has 0 bridgehead atoms. The number of allylic oxidation sites excluding steroid dienone is 3. The molecular formula is C18H16S. The van der Waals surface area contributed by atoms with Crippen molar-refractivity contribution in [3.8, 4) is 11.1 Å². The van der Waals surface area contributed by atoms with E-state index in [0.29, 0.717) is 0 Å². The van der Waals surface area contributed by atoms with Crippen LogP contribution in [0.4, 0.5) is 0 Å². The molecule has 0 unspecified atom stereocenters. The number of hydrogen-bond donors (Lipinski definition) is 0. The Morgan fingerprint density at radius 3 is 2.42 bits per heavy atom. The first-order valence-electron chi connectivity index (χ1n) is 6.42. The fourth-order valence-electron chi connectivity index (χ4n) is 2.55. The summed E-state index contributed by atoms with van der Waals surface area (Å²) in [6, 6.07) is 15.3. The van der Waals surface area contributed by atoms with Crippen LogP contribution in [0, 0.1) is 6.92 Å². The van der Waals surface area contributed by atoms with Crippen LogP contribution in [0.15, 0.2) is 64.9 Å². The van der Waals surface area contributed by atoms with Crippen molar-refractivity contribution >= 4 is 17.3 Å². The minimum atomic E-state index is 1.24. The van der Waals surface area contributed by atoms with E-state index in [2.05, 4.69) is 62.9 Å². The van der Waals surface area contributed by atoms with Gasteiger partial charge in [0.05, 0.1) is 0 Å². The first-order chi connectivity index (χ1) is 9.20. The van der Waals surface area contributed by atoms with Gasteiger partial charge >= 0.3 is 0 Å². The van der Waals surface area contributed by atoms with Crippen LogP contribution in [-0.2, 0) is 0 Å². The molecule has 3 rings (SSSR count). The van der Waals surface area contributed by atoms with Gasteiger partial charge in [0, 0.05) is 4.90 Å². The van der Waals surface area contributed by atoms with Gasteiger partial charge in [0.2, 0.25) is 0 Å². The Morgan fingerprint density at radius 2 is 1.68 bits per heavy atom. The molecule has 0 saturated carbocycles. The molecule has 1 aliphatic rings. The fourth-order valence-corrected chi connectivity index (χ4v) is 3.72. The number of rotatable bonds is 1. The molecule has 0 nitrogen and oxygen atoms in total. The summed E-state index contributed by atoms with van der Waals surface area (Å²) in [6.45, 7) is 8.30. The average Bonchev–Trinajstić information content (AvgIpc) is 2.51. The number of hydrogen-bond acceptors (Lipinski definition) is 1. The minimum absolute atomic E-state index is 1.24. The Morgan fingerprint density at radius 1 is 0.947 bits per heavy atom. The summed E-state index contributed by atoms with van der Waals surface area (Å²) in [5.41, 5.74) is 6.46. The summed E-state index contributed by atoms with van der Waals surface area (Å²) in [6.07, 6.45) is 1.97. The van der Waals surface area contributed by atoms with Gasteiger partial charge in [0.1, 0.15) is 0 Å². The van der Waals surface area contributed by atoms with Crippen LogP contribution in [0.2, 0.25) is 0 Å². The first-order valence-corrected chi connectivity index (χ1v) is 7.24. The number of benzene rings is 2. The highest BCUT2D eigenvalue weighted by atomic mass is 32.2. The Bertz CT molecular complexity index is 693. The van der Waals surface area contributed by atoms with Crippen molar-refractivity contribution in [2.24, 2.45) is 0 Å². The lowest BCUT2D eigenvalue weighted by molar-refractivity contribution is 1.36. The average molecular weight is 264 g/mol. The lowest BCUT2D eigenvalue weighted by Crippen LogP contribution is -1.87. The van der Waals surface area contributed by atoms with E-state index in [0.717, 1.165) is 0 Å². The van der Waals surface area contributed by atoms with E-state index in [1.807, 2.05) is 17.8 Å². The smallest absolute Gasteiger partial charge is 0.0200 e. The molecule has 0 amide bonds. The number of fused-ring (bicyclic) bond motifs is 3. The van der Waals surface area contributed by atoms with Crippen LogP contribution >= 0.6 is 11.8 Å². The molecule has 0 spiro atoms. The normalized spacial score (nSPS) is 13.6. The molecule has 0 aromatic heterocycles. The maximum absolute atomic E-state index is 3.98. The van der Waals surface area contributed by atoms with Gasteiger partial charge in [-0.3, -0.25) is 0 Å². The SMILES string of the molecule is C=CC1=C(C)Sc2cc(C)ccc2-c2ccccc21. The Hall–Kier alpha value is -1.73. The third kappa shape index (κ3) is 2.04. The second kappa shape index (κ2) is 4.75. The van der Waals surface area contributed by atoms with Crippen LogP contribution < -0.4 is 0 Å². The molecule has 1 heteroatoms. The van der Waals surface area contributed by atoms with E-state index >= 15 is 0 Å². The first kappa shape index (κ1) is 12.3. The summed E-state index contributed by atoms with van der Waals surface area (Å²) >= 11 is 1.84. The second-order valence-corrected chi connectivity index (χ2v) is 6.08. The summed E-state index contributed by atoms with van der Waals surface area (Å²) in [7, 11) is 0. The lowest BCUT2D eigenvalue weighted by Gasteiger charge is -2.10. The van der Waals surface area contributed by atoms with E-state index < -0.39 is 0 Å². The maximum Gasteiger partial charge on any atom is 0.0200 e. The Kier molecular flexibility index (Phi) is 3.08. The summed E-state index contributed by atoms with van der Waals surface area (Å²) in [4.78, 5) is 2.65. The van der Waals surface area contributed by atoms with Gasteiger partial charge in [0.15, 0.2) is 0 Å². The molecule has 0 saturated heterocycles. The highest BCUT2D eigenvalue weighted by molar-refractivity contribution is 8.03. The molecule has 0 aliphatic carbocycles. The highest BCUT2D eigenvalue weighted by Crippen LogP contribution is 2.45. The quantitative estimate of drug-likeness (QED) is 0.638. The van der Waals surface area contributed by atoms with E-state index in [4.69, 9.17) is 0 Å². The zero-order valence-corrected chi connectivity index (χ0v) is 12.1. The maximum atomic E-state index is 3.98. The predicted molar refractivity (Wildman–Crippen MR) is 85.3 cm³/mol. The molecule has 2 aromatic rings. The molecule has 2 aromatic carbocycles. The van der Waals surface area contributed by atoms with Crippen molar-refractivity contribution < 1.29 is 0 Å².